The van der Waals surface area contributed by atoms with Gasteiger partial charge in [-0.1, -0.05) is 48.6 Å². The summed E-state index contributed by atoms with van der Waals surface area (Å²) < 4.78 is 81.8. The lowest BCUT2D eigenvalue weighted by atomic mass is 9.71. The highest BCUT2D eigenvalue weighted by molar-refractivity contribution is 5.34. The van der Waals surface area contributed by atoms with Crippen LogP contribution in [0.5, 0.6) is 0 Å². The first-order chi connectivity index (χ1) is 17.5. The van der Waals surface area contributed by atoms with Crippen LogP contribution in [0.25, 0.3) is 0 Å². The van der Waals surface area contributed by atoms with Crippen molar-refractivity contribution in [2.75, 3.05) is 6.61 Å². The predicted octanol–water partition coefficient (Wildman–Crippen LogP) is 3.01. The zero-order chi connectivity index (χ0) is 28.9. The standard InChI is InChI=1S/C26H30F6O6/c1-2-3-12-23(37,13-16-8-4-6-10-18(16)25(27,28)29)22(36)24(38,21(35)20(34)15-33)14-17-9-5-7-11-19(17)26(30,31)32/h2-11,20-22,33-38H,12-15H2,1H3/b3-2+/t20-,21+,22+,23?,24+/m0/s1. The quantitative estimate of drug-likeness (QED) is 0.188. The lowest BCUT2D eigenvalue weighted by molar-refractivity contribution is -0.228. The number of benzene rings is 2. The second-order valence-electron chi connectivity index (χ2n) is 9.13. The van der Waals surface area contributed by atoms with Crippen molar-refractivity contribution in [2.24, 2.45) is 0 Å². The average molecular weight is 553 g/mol. The van der Waals surface area contributed by atoms with Crippen LogP contribution in [0.3, 0.4) is 0 Å². The summed E-state index contributed by atoms with van der Waals surface area (Å²) in [6.07, 6.45) is -17.2. The van der Waals surface area contributed by atoms with Gasteiger partial charge in [0.05, 0.1) is 17.7 Å². The molecule has 0 amide bonds. The Morgan fingerprint density at radius 3 is 1.63 bits per heavy atom. The van der Waals surface area contributed by atoms with Crippen LogP contribution in [0, 0.1) is 0 Å². The number of alkyl halides is 6. The number of aliphatic hydroxyl groups is 6. The molecule has 0 aromatic heterocycles. The van der Waals surface area contributed by atoms with Crippen LogP contribution in [0.1, 0.15) is 35.6 Å². The molecule has 2 aromatic rings. The Balaban J connectivity index is 2.70. The van der Waals surface area contributed by atoms with E-state index in [9.17, 15) is 57.0 Å². The summed E-state index contributed by atoms with van der Waals surface area (Å²) in [4.78, 5) is 0. The zero-order valence-electron chi connectivity index (χ0n) is 20.3. The SMILES string of the molecule is C/C=C/CC(O)(Cc1ccccc1C(F)(F)F)[C@@H](O)[C@@](O)(Cc1ccccc1C(F)(F)F)[C@H](O)[C@@H](O)CO. The van der Waals surface area contributed by atoms with Crippen molar-refractivity contribution in [3.63, 3.8) is 0 Å². The molecule has 0 saturated carbocycles. The molecule has 2 aromatic carbocycles. The lowest BCUT2D eigenvalue weighted by Crippen LogP contribution is -2.66. The Bertz CT molecular complexity index is 1090. The van der Waals surface area contributed by atoms with E-state index in [-0.39, 0.29) is 0 Å². The first kappa shape index (κ1) is 31.7. The Kier molecular flexibility index (Phi) is 10.1. The summed E-state index contributed by atoms with van der Waals surface area (Å²) in [6.45, 7) is 0.300. The number of halogens is 6. The van der Waals surface area contributed by atoms with Gasteiger partial charge in [-0.2, -0.15) is 26.3 Å². The number of allylic oxidation sites excluding steroid dienone is 1. The van der Waals surface area contributed by atoms with Crippen LogP contribution in [-0.2, 0) is 25.2 Å². The topological polar surface area (TPSA) is 121 Å². The summed E-state index contributed by atoms with van der Waals surface area (Å²) in [6, 6.07) is 7.92. The van der Waals surface area contributed by atoms with Gasteiger partial charge < -0.3 is 30.6 Å². The fourth-order valence-corrected chi connectivity index (χ4v) is 4.40. The molecule has 1 unspecified atom stereocenters. The van der Waals surface area contributed by atoms with Crippen LogP contribution in [0.2, 0.25) is 0 Å². The van der Waals surface area contributed by atoms with E-state index >= 15 is 0 Å². The highest BCUT2D eigenvalue weighted by Crippen LogP contribution is 2.40. The molecule has 0 radical (unpaired) electrons. The largest absolute Gasteiger partial charge is 0.416 e. The molecule has 38 heavy (non-hydrogen) atoms. The van der Waals surface area contributed by atoms with Crippen LogP contribution < -0.4 is 0 Å². The molecule has 0 saturated heterocycles. The third-order valence-corrected chi connectivity index (χ3v) is 6.37. The first-order valence-electron chi connectivity index (χ1n) is 11.5. The highest BCUT2D eigenvalue weighted by atomic mass is 19.4. The minimum absolute atomic E-state index is 0.499. The van der Waals surface area contributed by atoms with Crippen molar-refractivity contribution < 1.29 is 57.0 Å². The molecule has 0 fully saturated rings. The Hall–Kier alpha value is -2.48. The monoisotopic (exact) mass is 552 g/mol. The second-order valence-corrected chi connectivity index (χ2v) is 9.13. The summed E-state index contributed by atoms with van der Waals surface area (Å²) in [5.41, 5.74) is -9.42. The number of aliphatic hydroxyl groups excluding tert-OH is 4. The molecule has 0 aliphatic rings. The summed E-state index contributed by atoms with van der Waals surface area (Å²) in [7, 11) is 0. The fourth-order valence-electron chi connectivity index (χ4n) is 4.40. The van der Waals surface area contributed by atoms with Gasteiger partial charge in [-0.25, -0.2) is 0 Å². The van der Waals surface area contributed by atoms with E-state index in [1.165, 1.54) is 31.2 Å². The van der Waals surface area contributed by atoms with E-state index in [1.54, 1.807) is 0 Å². The van der Waals surface area contributed by atoms with Gasteiger partial charge in [0.2, 0.25) is 0 Å². The minimum Gasteiger partial charge on any atom is -0.394 e. The maximum atomic E-state index is 13.6. The third kappa shape index (κ3) is 7.13. The third-order valence-electron chi connectivity index (χ3n) is 6.37. The molecular formula is C26H30F6O6. The van der Waals surface area contributed by atoms with Gasteiger partial charge in [0.1, 0.15) is 29.5 Å². The summed E-state index contributed by atoms with van der Waals surface area (Å²) in [5.74, 6) is 0. The van der Waals surface area contributed by atoms with E-state index in [0.29, 0.717) is 6.07 Å². The van der Waals surface area contributed by atoms with Crippen LogP contribution in [0.4, 0.5) is 26.3 Å². The molecule has 0 aliphatic carbocycles. The van der Waals surface area contributed by atoms with E-state index in [2.05, 4.69) is 0 Å². The maximum absolute atomic E-state index is 13.6. The molecule has 0 bridgehead atoms. The Morgan fingerprint density at radius 1 is 0.763 bits per heavy atom. The predicted molar refractivity (Wildman–Crippen MR) is 125 cm³/mol. The van der Waals surface area contributed by atoms with E-state index < -0.39 is 90.0 Å². The molecular weight excluding hydrogens is 522 g/mol. The van der Waals surface area contributed by atoms with Gasteiger partial charge >= 0.3 is 12.4 Å². The van der Waals surface area contributed by atoms with E-state index in [1.807, 2.05) is 0 Å². The van der Waals surface area contributed by atoms with Gasteiger partial charge in [0.15, 0.2) is 0 Å². The molecule has 6 nitrogen and oxygen atoms in total. The first-order valence-corrected chi connectivity index (χ1v) is 11.5. The molecule has 2 rings (SSSR count). The summed E-state index contributed by atoms with van der Waals surface area (Å²) >= 11 is 0. The second kappa shape index (κ2) is 12.1. The summed E-state index contributed by atoms with van der Waals surface area (Å²) in [5, 5.41) is 64.4. The number of rotatable bonds is 11. The van der Waals surface area contributed by atoms with Crippen LogP contribution in [0.15, 0.2) is 60.7 Å². The number of hydrogen-bond donors (Lipinski definition) is 6. The number of hydrogen-bond acceptors (Lipinski definition) is 6. The zero-order valence-corrected chi connectivity index (χ0v) is 20.3. The van der Waals surface area contributed by atoms with Gasteiger partial charge in [0.25, 0.3) is 0 Å². The average Bonchev–Trinajstić information content (AvgIpc) is 2.85. The van der Waals surface area contributed by atoms with Crippen molar-refractivity contribution in [3.8, 4) is 0 Å². The normalized spacial score (nSPS) is 18.6. The molecule has 12 heteroatoms. The van der Waals surface area contributed by atoms with Crippen molar-refractivity contribution in [1.82, 2.24) is 0 Å². The van der Waals surface area contributed by atoms with E-state index in [4.69, 9.17) is 0 Å². The van der Waals surface area contributed by atoms with Gasteiger partial charge in [0, 0.05) is 12.8 Å². The lowest BCUT2D eigenvalue weighted by Gasteiger charge is -2.46. The Labute approximate surface area is 215 Å². The van der Waals surface area contributed by atoms with Crippen molar-refractivity contribution in [1.29, 1.82) is 0 Å². The fraction of sp³-hybridized carbons (Fsp3) is 0.462. The van der Waals surface area contributed by atoms with E-state index in [0.717, 1.165) is 30.3 Å². The van der Waals surface area contributed by atoms with Crippen LogP contribution in [-0.4, -0.2) is 66.8 Å². The highest BCUT2D eigenvalue weighted by Gasteiger charge is 2.55. The smallest absolute Gasteiger partial charge is 0.394 e. The van der Waals surface area contributed by atoms with Crippen molar-refractivity contribution >= 4 is 0 Å². The molecule has 212 valence electrons. The Morgan fingerprint density at radius 2 is 1.21 bits per heavy atom. The minimum atomic E-state index is -4.93. The van der Waals surface area contributed by atoms with Crippen LogP contribution >= 0.6 is 0 Å². The maximum Gasteiger partial charge on any atom is 0.416 e. The van der Waals surface area contributed by atoms with Gasteiger partial charge in [-0.15, -0.1) is 0 Å². The molecule has 0 heterocycles. The molecule has 0 spiro atoms. The van der Waals surface area contributed by atoms with Gasteiger partial charge in [-0.3, -0.25) is 0 Å². The molecule has 0 aliphatic heterocycles. The molecule has 6 N–H and O–H groups in total. The molecule has 5 atom stereocenters. The van der Waals surface area contributed by atoms with Gasteiger partial charge in [-0.05, 0) is 36.6 Å². The van der Waals surface area contributed by atoms with Crippen molar-refractivity contribution in [3.05, 3.63) is 82.9 Å². The van der Waals surface area contributed by atoms with Crippen molar-refractivity contribution in [2.45, 2.75) is 68.1 Å².